The van der Waals surface area contributed by atoms with Gasteiger partial charge in [-0.3, -0.25) is 0 Å². The van der Waals surface area contributed by atoms with Crippen molar-refractivity contribution in [3.63, 3.8) is 0 Å². The van der Waals surface area contributed by atoms with E-state index in [1.54, 1.807) is 19.2 Å². The van der Waals surface area contributed by atoms with Crippen LogP contribution in [0.3, 0.4) is 0 Å². The molecule has 0 saturated carbocycles. The summed E-state index contributed by atoms with van der Waals surface area (Å²) in [6.45, 7) is 6.68. The van der Waals surface area contributed by atoms with Crippen molar-refractivity contribution in [3.05, 3.63) is 34.6 Å². The summed E-state index contributed by atoms with van der Waals surface area (Å²) in [5.74, 6) is -0.169. The number of rotatable bonds is 9. The van der Waals surface area contributed by atoms with Gasteiger partial charge in [0.25, 0.3) is 0 Å². The zero-order valence-electron chi connectivity index (χ0n) is 12.6. The maximum Gasteiger partial charge on any atom is 0.126 e. The number of hydrogen-bond donors (Lipinski definition) is 1. The minimum absolute atomic E-state index is 0.0548. The van der Waals surface area contributed by atoms with Crippen molar-refractivity contribution in [2.45, 2.75) is 33.1 Å². The van der Waals surface area contributed by atoms with Crippen LogP contribution >= 0.6 is 11.6 Å². The normalized spacial score (nSPS) is 11.8. The number of methoxy groups -OCH3 is 1. The molecule has 0 aliphatic heterocycles. The van der Waals surface area contributed by atoms with Crippen LogP contribution in [-0.4, -0.2) is 26.8 Å². The molecule has 0 spiro atoms. The molecule has 1 aromatic carbocycles. The highest BCUT2D eigenvalue weighted by Gasteiger charge is 2.27. The predicted octanol–water partition coefficient (Wildman–Crippen LogP) is 4.06. The summed E-state index contributed by atoms with van der Waals surface area (Å²) in [5.41, 5.74) is 0.758. The highest BCUT2D eigenvalue weighted by atomic mass is 35.5. The van der Waals surface area contributed by atoms with Crippen molar-refractivity contribution in [1.82, 2.24) is 5.32 Å². The van der Waals surface area contributed by atoms with Crippen LogP contribution in [0.15, 0.2) is 18.2 Å². The molecule has 0 heterocycles. The Morgan fingerprint density at radius 3 is 2.60 bits per heavy atom. The molecule has 0 aliphatic carbocycles. The third-order valence-electron chi connectivity index (χ3n) is 4.06. The van der Waals surface area contributed by atoms with Gasteiger partial charge in [0.1, 0.15) is 5.82 Å². The number of nitrogens with one attached hydrogen (secondary N) is 1. The third-order valence-corrected chi connectivity index (χ3v) is 4.29. The molecule has 114 valence electrons. The Balaban J connectivity index is 2.76. The first-order valence-corrected chi connectivity index (χ1v) is 7.58. The van der Waals surface area contributed by atoms with E-state index in [4.69, 9.17) is 16.3 Å². The summed E-state index contributed by atoms with van der Waals surface area (Å²) in [6.07, 6.45) is 2.69. The smallest absolute Gasteiger partial charge is 0.126 e. The van der Waals surface area contributed by atoms with E-state index in [9.17, 15) is 4.39 Å². The fourth-order valence-electron chi connectivity index (χ4n) is 2.42. The fraction of sp³-hybridized carbons (Fsp3) is 0.625. The number of ether oxygens (including phenoxy) is 1. The van der Waals surface area contributed by atoms with Crippen LogP contribution in [-0.2, 0) is 11.2 Å². The van der Waals surface area contributed by atoms with Crippen LogP contribution in [0.5, 0.6) is 0 Å². The van der Waals surface area contributed by atoms with Gasteiger partial charge < -0.3 is 10.1 Å². The summed E-state index contributed by atoms with van der Waals surface area (Å²) in [7, 11) is 1.69. The van der Waals surface area contributed by atoms with Crippen molar-refractivity contribution in [3.8, 4) is 0 Å². The van der Waals surface area contributed by atoms with E-state index in [0.717, 1.165) is 25.9 Å². The Kier molecular flexibility index (Phi) is 7.49. The lowest BCUT2D eigenvalue weighted by atomic mass is 9.76. The Hall–Kier alpha value is -0.640. The molecule has 1 rings (SSSR count). The fourth-order valence-corrected chi connectivity index (χ4v) is 2.62. The molecule has 0 bridgehead atoms. The molecular weight excluding hydrogens is 277 g/mol. The molecule has 1 aromatic rings. The molecule has 0 saturated heterocycles. The van der Waals surface area contributed by atoms with Crippen LogP contribution in [0.25, 0.3) is 0 Å². The van der Waals surface area contributed by atoms with Gasteiger partial charge in [-0.25, -0.2) is 4.39 Å². The van der Waals surface area contributed by atoms with Gasteiger partial charge in [0.2, 0.25) is 0 Å². The molecular formula is C16H25ClFNO. The molecule has 4 heteroatoms. The van der Waals surface area contributed by atoms with Crippen LogP contribution in [0, 0.1) is 11.2 Å². The second-order valence-electron chi connectivity index (χ2n) is 5.29. The molecule has 0 fully saturated rings. The summed E-state index contributed by atoms with van der Waals surface area (Å²) in [6, 6.07) is 4.79. The second-order valence-corrected chi connectivity index (χ2v) is 5.73. The lowest BCUT2D eigenvalue weighted by molar-refractivity contribution is 0.185. The van der Waals surface area contributed by atoms with Crippen LogP contribution in [0.2, 0.25) is 5.02 Å². The van der Waals surface area contributed by atoms with Gasteiger partial charge in [-0.2, -0.15) is 0 Å². The molecule has 1 N–H and O–H groups in total. The van der Waals surface area contributed by atoms with Gasteiger partial charge in [0.15, 0.2) is 0 Å². The van der Waals surface area contributed by atoms with Gasteiger partial charge in [0.05, 0.1) is 6.61 Å². The van der Waals surface area contributed by atoms with Crippen molar-refractivity contribution < 1.29 is 9.13 Å². The van der Waals surface area contributed by atoms with E-state index >= 15 is 0 Å². The van der Waals surface area contributed by atoms with Gasteiger partial charge in [0, 0.05) is 25.2 Å². The standard InChI is InChI=1S/C16H25ClFNO/c1-4-16(5-2,12-19-8-9-20-3)11-13-10-14(17)6-7-15(13)18/h6-7,10,19H,4-5,8-9,11-12H2,1-3H3. The van der Waals surface area contributed by atoms with E-state index in [2.05, 4.69) is 19.2 Å². The monoisotopic (exact) mass is 301 g/mol. The molecule has 0 radical (unpaired) electrons. The molecule has 0 aromatic heterocycles. The van der Waals surface area contributed by atoms with Crippen LogP contribution < -0.4 is 5.32 Å². The minimum Gasteiger partial charge on any atom is -0.383 e. The second kappa shape index (κ2) is 8.60. The first-order chi connectivity index (χ1) is 9.56. The topological polar surface area (TPSA) is 21.3 Å². The highest BCUT2D eigenvalue weighted by molar-refractivity contribution is 6.30. The van der Waals surface area contributed by atoms with E-state index in [1.165, 1.54) is 6.07 Å². The molecule has 0 aliphatic rings. The summed E-state index contributed by atoms with van der Waals surface area (Å²) < 4.78 is 19.0. The lowest BCUT2D eigenvalue weighted by Crippen LogP contribution is -2.37. The average molecular weight is 302 g/mol. The molecule has 0 atom stereocenters. The van der Waals surface area contributed by atoms with Gasteiger partial charge in [-0.1, -0.05) is 25.4 Å². The van der Waals surface area contributed by atoms with Crippen molar-refractivity contribution in [2.24, 2.45) is 5.41 Å². The largest absolute Gasteiger partial charge is 0.383 e. The number of hydrogen-bond acceptors (Lipinski definition) is 2. The van der Waals surface area contributed by atoms with Crippen molar-refractivity contribution >= 4 is 11.6 Å². The van der Waals surface area contributed by atoms with E-state index in [0.29, 0.717) is 23.6 Å². The van der Waals surface area contributed by atoms with Gasteiger partial charge in [-0.15, -0.1) is 0 Å². The Morgan fingerprint density at radius 2 is 2.00 bits per heavy atom. The number of benzene rings is 1. The molecule has 0 unspecified atom stereocenters. The number of halogens is 2. The van der Waals surface area contributed by atoms with Gasteiger partial charge in [-0.05, 0) is 48.4 Å². The Morgan fingerprint density at radius 1 is 1.30 bits per heavy atom. The van der Waals surface area contributed by atoms with Crippen LogP contribution in [0.4, 0.5) is 4.39 Å². The minimum atomic E-state index is -0.169. The SMILES string of the molecule is CCC(CC)(CNCCOC)Cc1cc(Cl)ccc1F. The predicted molar refractivity (Wildman–Crippen MR) is 82.9 cm³/mol. The highest BCUT2D eigenvalue weighted by Crippen LogP contribution is 2.32. The first-order valence-electron chi connectivity index (χ1n) is 7.20. The third kappa shape index (κ3) is 5.04. The van der Waals surface area contributed by atoms with E-state index in [1.807, 2.05) is 0 Å². The summed E-state index contributed by atoms with van der Waals surface area (Å²) >= 11 is 5.98. The molecule has 2 nitrogen and oxygen atoms in total. The zero-order chi connectivity index (χ0) is 15.0. The first kappa shape index (κ1) is 17.4. The summed E-state index contributed by atoms with van der Waals surface area (Å²) in [5, 5.41) is 4.00. The average Bonchev–Trinajstić information content (AvgIpc) is 2.46. The summed E-state index contributed by atoms with van der Waals surface area (Å²) in [4.78, 5) is 0. The molecule has 0 amide bonds. The Bertz CT molecular complexity index is 407. The van der Waals surface area contributed by atoms with Crippen molar-refractivity contribution in [2.75, 3.05) is 26.8 Å². The maximum atomic E-state index is 13.9. The maximum absolute atomic E-state index is 13.9. The Labute approximate surface area is 126 Å². The lowest BCUT2D eigenvalue weighted by Gasteiger charge is -2.32. The van der Waals surface area contributed by atoms with Gasteiger partial charge >= 0.3 is 0 Å². The van der Waals surface area contributed by atoms with Crippen LogP contribution in [0.1, 0.15) is 32.3 Å². The van der Waals surface area contributed by atoms with E-state index in [-0.39, 0.29) is 11.2 Å². The zero-order valence-corrected chi connectivity index (χ0v) is 13.4. The molecule has 20 heavy (non-hydrogen) atoms. The van der Waals surface area contributed by atoms with E-state index < -0.39 is 0 Å². The quantitative estimate of drug-likeness (QED) is 0.694. The van der Waals surface area contributed by atoms with Crippen molar-refractivity contribution in [1.29, 1.82) is 0 Å².